The van der Waals surface area contributed by atoms with Gasteiger partial charge in [-0.25, -0.2) is 13.8 Å². The quantitative estimate of drug-likeness (QED) is 0.474. The van der Waals surface area contributed by atoms with E-state index >= 15 is 0 Å². The van der Waals surface area contributed by atoms with E-state index in [1.54, 1.807) is 26.1 Å². The minimum Gasteiger partial charge on any atom is -0.498 e. The number of allylic oxidation sites excluding steroid dienone is 2. The first-order valence-corrected chi connectivity index (χ1v) is 10.6. The fourth-order valence-electron chi connectivity index (χ4n) is 3.54. The fraction of sp³-hybridized carbons (Fsp3) is 0.286. The lowest BCUT2D eigenvalue weighted by Gasteiger charge is -2.29. The van der Waals surface area contributed by atoms with Gasteiger partial charge in [0.2, 0.25) is 0 Å². The molecule has 178 valence electrons. The van der Waals surface area contributed by atoms with Gasteiger partial charge in [-0.3, -0.25) is 24.0 Å². The van der Waals surface area contributed by atoms with E-state index in [-0.39, 0.29) is 22.4 Å². The van der Waals surface area contributed by atoms with Gasteiger partial charge >= 0.3 is 0 Å². The van der Waals surface area contributed by atoms with Crippen LogP contribution in [0.15, 0.2) is 41.0 Å². The van der Waals surface area contributed by atoms with E-state index in [0.29, 0.717) is 23.0 Å². The zero-order valence-corrected chi connectivity index (χ0v) is 20.3. The third-order valence-corrected chi connectivity index (χ3v) is 5.69. The summed E-state index contributed by atoms with van der Waals surface area (Å²) in [5.74, 6) is -2.06. The Kier molecular flexibility index (Phi) is 7.23. The maximum absolute atomic E-state index is 14.3. The highest BCUT2D eigenvalue weighted by Crippen LogP contribution is 2.31. The lowest BCUT2D eigenvalue weighted by atomic mass is 9.62. The average molecular weight is 491 g/mol. The second-order valence-electron chi connectivity index (χ2n) is 8.24. The van der Waals surface area contributed by atoms with Crippen molar-refractivity contribution in [2.45, 2.75) is 25.3 Å². The highest BCUT2D eigenvalue weighted by molar-refractivity contribution is 6.39. The summed E-state index contributed by atoms with van der Waals surface area (Å²) in [6.07, 6.45) is 4.10. The lowest BCUT2D eigenvalue weighted by Crippen LogP contribution is -2.43. The van der Waals surface area contributed by atoms with Crippen LogP contribution in [0.5, 0.6) is 5.75 Å². The van der Waals surface area contributed by atoms with Crippen LogP contribution in [0.2, 0.25) is 5.02 Å². The Morgan fingerprint density at radius 1 is 1.32 bits per heavy atom. The molecule has 1 amide bonds. The number of carbonyl (C=O) groups is 1. The average Bonchev–Trinajstić information content (AvgIpc) is 2.77. The SMILES string of the molecule is BC(B)(Oc1cc(C)n(C2=CC(C(=O)N(C)OC)NC=C2C)c(=O)c1Cl)c1ncc(F)cc1F. The number of hydrogen-bond acceptors (Lipinski definition) is 6. The van der Waals surface area contributed by atoms with Gasteiger partial charge in [0.1, 0.15) is 34.1 Å². The fourth-order valence-corrected chi connectivity index (χ4v) is 3.72. The highest BCUT2D eigenvalue weighted by atomic mass is 35.5. The number of likely N-dealkylation sites (N-methyl/N-ethyl adjacent to an activating group) is 1. The molecule has 0 spiro atoms. The smallest absolute Gasteiger partial charge is 0.277 e. The predicted octanol–water partition coefficient (Wildman–Crippen LogP) is 0.675. The topological polar surface area (TPSA) is 85.7 Å². The number of nitrogens with zero attached hydrogens (tertiary/aromatic N) is 3. The summed E-state index contributed by atoms with van der Waals surface area (Å²) in [5.41, 5.74) is 0.877. The first-order valence-electron chi connectivity index (χ1n) is 10.3. The van der Waals surface area contributed by atoms with Gasteiger partial charge in [-0.15, -0.1) is 0 Å². The first kappa shape index (κ1) is 25.5. The van der Waals surface area contributed by atoms with Gasteiger partial charge in [0.25, 0.3) is 11.5 Å². The Balaban J connectivity index is 2.03. The number of ether oxygens (including phenoxy) is 1. The van der Waals surface area contributed by atoms with Crippen LogP contribution in [-0.2, 0) is 15.0 Å². The molecule has 8 nitrogen and oxygen atoms in total. The minimum atomic E-state index is -1.36. The van der Waals surface area contributed by atoms with E-state index in [9.17, 15) is 18.4 Å². The molecule has 2 aromatic rings. The Labute approximate surface area is 202 Å². The molecule has 1 unspecified atom stereocenters. The van der Waals surface area contributed by atoms with Gasteiger partial charge in [-0.1, -0.05) is 11.6 Å². The van der Waals surface area contributed by atoms with Crippen LogP contribution >= 0.6 is 11.6 Å². The largest absolute Gasteiger partial charge is 0.498 e. The van der Waals surface area contributed by atoms with Crippen LogP contribution in [0, 0.1) is 18.6 Å². The molecule has 13 heteroatoms. The van der Waals surface area contributed by atoms with Crippen LogP contribution < -0.4 is 15.6 Å². The molecule has 0 aromatic carbocycles. The summed E-state index contributed by atoms with van der Waals surface area (Å²) >= 11 is 6.38. The van der Waals surface area contributed by atoms with Crippen molar-refractivity contribution in [2.75, 3.05) is 14.2 Å². The number of hydroxylamine groups is 2. The van der Waals surface area contributed by atoms with Gasteiger partial charge in [0, 0.05) is 31.1 Å². The third-order valence-electron chi connectivity index (χ3n) is 5.34. The van der Waals surface area contributed by atoms with Crippen molar-refractivity contribution >= 4 is 38.9 Å². The van der Waals surface area contributed by atoms with Gasteiger partial charge in [0.05, 0.1) is 24.4 Å². The highest BCUT2D eigenvalue weighted by Gasteiger charge is 2.31. The van der Waals surface area contributed by atoms with Gasteiger partial charge < -0.3 is 10.1 Å². The summed E-state index contributed by atoms with van der Waals surface area (Å²) in [6, 6.07) is 1.47. The number of rotatable bonds is 6. The standard InChI is InChI=1S/C21H23B2ClF2N4O4/c1-10-8-27-14(19(31)29(3)33-4)7-15(10)30-11(2)5-16(17(24)20(30)32)34-21(22,23)18-13(26)6-12(25)9-28-18/h5-9,14,27H,22-23H2,1-4H3. The van der Waals surface area contributed by atoms with Crippen LogP contribution in [0.25, 0.3) is 5.70 Å². The Hall–Kier alpha value is -3.11. The Morgan fingerprint density at radius 2 is 2.00 bits per heavy atom. The van der Waals surface area contributed by atoms with E-state index in [4.69, 9.17) is 21.2 Å². The van der Waals surface area contributed by atoms with Crippen LogP contribution in [0.3, 0.4) is 0 Å². The number of amides is 1. The molecule has 1 aliphatic rings. The van der Waals surface area contributed by atoms with E-state index in [1.807, 2.05) is 0 Å². The summed E-state index contributed by atoms with van der Waals surface area (Å²) in [4.78, 5) is 34.5. The molecule has 0 saturated heterocycles. The number of dihydropyridines is 1. The van der Waals surface area contributed by atoms with Gasteiger partial charge in [-0.05, 0) is 25.5 Å². The number of halogens is 3. The number of aryl methyl sites for hydroxylation is 1. The van der Waals surface area contributed by atoms with Crippen molar-refractivity contribution in [1.82, 2.24) is 19.9 Å². The molecule has 2 aromatic heterocycles. The molecule has 3 heterocycles. The number of hydrogen-bond donors (Lipinski definition) is 1. The summed E-state index contributed by atoms with van der Waals surface area (Å²) in [5, 5.41) is 2.42. The molecular weight excluding hydrogens is 467 g/mol. The molecule has 0 saturated carbocycles. The molecule has 34 heavy (non-hydrogen) atoms. The van der Waals surface area contributed by atoms with Crippen molar-refractivity contribution in [3.05, 3.63) is 74.6 Å². The molecule has 0 aliphatic carbocycles. The molecule has 1 aliphatic heterocycles. The third kappa shape index (κ3) is 4.88. The Morgan fingerprint density at radius 3 is 2.62 bits per heavy atom. The monoisotopic (exact) mass is 490 g/mol. The van der Waals surface area contributed by atoms with E-state index in [0.717, 1.165) is 11.3 Å². The van der Waals surface area contributed by atoms with Crippen molar-refractivity contribution in [1.29, 1.82) is 0 Å². The van der Waals surface area contributed by atoms with Crippen molar-refractivity contribution in [3.8, 4) is 5.75 Å². The van der Waals surface area contributed by atoms with E-state index in [2.05, 4.69) is 10.3 Å². The molecule has 1 atom stereocenters. The summed E-state index contributed by atoms with van der Waals surface area (Å²) in [7, 11) is 5.90. The van der Waals surface area contributed by atoms with Crippen molar-refractivity contribution in [2.24, 2.45) is 0 Å². The zero-order valence-electron chi connectivity index (χ0n) is 19.6. The van der Waals surface area contributed by atoms with Gasteiger partial charge in [0.15, 0.2) is 15.7 Å². The van der Waals surface area contributed by atoms with Crippen molar-refractivity contribution < 1.29 is 23.1 Å². The predicted molar refractivity (Wildman–Crippen MR) is 129 cm³/mol. The van der Waals surface area contributed by atoms with Crippen LogP contribution in [0.4, 0.5) is 8.78 Å². The molecule has 0 bridgehead atoms. The zero-order chi connectivity index (χ0) is 25.4. The van der Waals surface area contributed by atoms with E-state index < -0.39 is 28.6 Å². The number of pyridine rings is 2. The number of carbonyl (C=O) groups excluding carboxylic acids is 1. The second kappa shape index (κ2) is 9.63. The summed E-state index contributed by atoms with van der Waals surface area (Å²) in [6.45, 7) is 3.44. The lowest BCUT2D eigenvalue weighted by molar-refractivity contribution is -0.169. The van der Waals surface area contributed by atoms with Crippen LogP contribution in [-0.4, -0.2) is 56.4 Å². The summed E-state index contributed by atoms with van der Waals surface area (Å²) < 4.78 is 34.8. The van der Waals surface area contributed by atoms with Crippen molar-refractivity contribution in [3.63, 3.8) is 0 Å². The number of aromatic nitrogens is 2. The Bertz CT molecular complexity index is 1270. The van der Waals surface area contributed by atoms with Gasteiger partial charge in [-0.2, -0.15) is 0 Å². The first-order chi connectivity index (χ1) is 15.9. The molecular formula is C21H23B2ClF2N4O4. The maximum Gasteiger partial charge on any atom is 0.277 e. The second-order valence-corrected chi connectivity index (χ2v) is 8.62. The number of nitrogens with one attached hydrogen (secondary N) is 1. The van der Waals surface area contributed by atoms with E-state index in [1.165, 1.54) is 40.5 Å². The molecule has 3 rings (SSSR count). The molecule has 0 radical (unpaired) electrons. The van der Waals surface area contributed by atoms with Crippen LogP contribution in [0.1, 0.15) is 18.3 Å². The molecule has 1 N–H and O–H groups in total. The normalized spacial score (nSPS) is 15.8. The molecule has 0 fully saturated rings. The maximum atomic E-state index is 14.3. The minimum absolute atomic E-state index is 0.0128.